The molecule has 0 fully saturated rings. The molecule has 5 aromatic rings. The Balaban J connectivity index is 1.69. The molecule has 0 N–H and O–H groups in total. The molecule has 0 aliphatic carbocycles. The normalized spacial score (nSPS) is 11.8. The van der Waals surface area contributed by atoms with Gasteiger partial charge in [0, 0.05) is 23.3 Å². The summed E-state index contributed by atoms with van der Waals surface area (Å²) in [4.78, 5) is 14.2. The van der Waals surface area contributed by atoms with Gasteiger partial charge < -0.3 is 0 Å². The highest BCUT2D eigenvalue weighted by atomic mass is 35.5. The van der Waals surface area contributed by atoms with E-state index in [1.807, 2.05) is 25.1 Å². The first-order chi connectivity index (χ1) is 15.5. The molecule has 0 amide bonds. The van der Waals surface area contributed by atoms with Crippen LogP contribution in [0.2, 0.25) is 5.28 Å². The minimum absolute atomic E-state index is 0.165. The van der Waals surface area contributed by atoms with Gasteiger partial charge in [0.2, 0.25) is 5.28 Å². The van der Waals surface area contributed by atoms with Gasteiger partial charge in [0.1, 0.15) is 0 Å². The topological polar surface area (TPSA) is 77.7 Å². The maximum Gasteiger partial charge on any atom is 0.268 e. The number of thiazole rings is 1. The third-order valence-electron chi connectivity index (χ3n) is 5.06. The standard InChI is InChI=1S/C23H17ClN4O2S2/c1-2-20-27-21(22(31-20)18-10-12-25-23(24)26-18)16-9-8-15-11-13-28(19(15)14-16)32(29,30)17-6-4-3-5-7-17/h3-14H,2H2,1H3. The van der Waals surface area contributed by atoms with Crippen molar-refractivity contribution < 1.29 is 8.42 Å². The summed E-state index contributed by atoms with van der Waals surface area (Å²) < 4.78 is 27.8. The molecule has 0 atom stereocenters. The Morgan fingerprint density at radius 3 is 2.59 bits per heavy atom. The molecule has 3 heterocycles. The molecule has 0 aliphatic rings. The van der Waals surface area contributed by atoms with Gasteiger partial charge in [0.15, 0.2) is 0 Å². The average molecular weight is 481 g/mol. The summed E-state index contributed by atoms with van der Waals surface area (Å²) >= 11 is 7.56. The molecule has 2 aromatic carbocycles. The van der Waals surface area contributed by atoms with Crippen LogP contribution >= 0.6 is 22.9 Å². The molecule has 0 unspecified atom stereocenters. The lowest BCUT2D eigenvalue weighted by molar-refractivity contribution is 0.589. The fraction of sp³-hybridized carbons (Fsp3) is 0.0870. The van der Waals surface area contributed by atoms with E-state index in [-0.39, 0.29) is 10.2 Å². The number of aromatic nitrogens is 4. The monoisotopic (exact) mass is 480 g/mol. The fourth-order valence-electron chi connectivity index (χ4n) is 3.51. The number of benzene rings is 2. The molecule has 0 bridgehead atoms. The lowest BCUT2D eigenvalue weighted by Crippen LogP contribution is -2.11. The zero-order valence-electron chi connectivity index (χ0n) is 16.9. The first-order valence-electron chi connectivity index (χ1n) is 9.88. The van der Waals surface area contributed by atoms with Gasteiger partial charge in [0.05, 0.1) is 31.7 Å². The van der Waals surface area contributed by atoms with Crippen molar-refractivity contribution in [1.82, 2.24) is 18.9 Å². The third-order valence-corrected chi connectivity index (χ3v) is 8.17. The van der Waals surface area contributed by atoms with Crippen LogP contribution in [0.1, 0.15) is 11.9 Å². The minimum atomic E-state index is -3.73. The molecular weight excluding hydrogens is 464 g/mol. The predicted octanol–water partition coefficient (Wildman–Crippen LogP) is 5.67. The molecule has 5 rings (SSSR count). The number of rotatable bonds is 5. The van der Waals surface area contributed by atoms with Gasteiger partial charge in [-0.25, -0.2) is 27.3 Å². The second kappa shape index (κ2) is 8.12. The average Bonchev–Trinajstić information content (AvgIpc) is 3.44. The number of halogens is 1. The number of hydrogen-bond donors (Lipinski definition) is 0. The van der Waals surface area contributed by atoms with E-state index in [0.29, 0.717) is 11.2 Å². The number of fused-ring (bicyclic) bond motifs is 1. The van der Waals surface area contributed by atoms with E-state index in [9.17, 15) is 8.42 Å². The van der Waals surface area contributed by atoms with Crippen molar-refractivity contribution in [1.29, 1.82) is 0 Å². The van der Waals surface area contributed by atoms with Crippen LogP contribution in [-0.4, -0.2) is 27.3 Å². The van der Waals surface area contributed by atoms with Crippen molar-refractivity contribution in [2.45, 2.75) is 18.2 Å². The quantitative estimate of drug-likeness (QED) is 0.303. The summed E-state index contributed by atoms with van der Waals surface area (Å²) in [7, 11) is -3.73. The SMILES string of the molecule is CCc1nc(-c2ccc3ccn(S(=O)(=O)c4ccccc4)c3c2)c(-c2ccnc(Cl)n2)s1. The summed E-state index contributed by atoms with van der Waals surface area (Å²) in [6.45, 7) is 2.04. The highest BCUT2D eigenvalue weighted by Gasteiger charge is 2.21. The Kier molecular flexibility index (Phi) is 5.28. The predicted molar refractivity (Wildman–Crippen MR) is 127 cm³/mol. The smallest absolute Gasteiger partial charge is 0.241 e. The Hall–Kier alpha value is -3.07. The Bertz CT molecular complexity index is 1540. The lowest BCUT2D eigenvalue weighted by Gasteiger charge is -2.09. The van der Waals surface area contributed by atoms with Crippen molar-refractivity contribution >= 4 is 43.9 Å². The minimum Gasteiger partial charge on any atom is -0.241 e. The van der Waals surface area contributed by atoms with Crippen LogP contribution in [0.5, 0.6) is 0 Å². The van der Waals surface area contributed by atoms with Gasteiger partial charge >= 0.3 is 0 Å². The second-order valence-electron chi connectivity index (χ2n) is 7.05. The summed E-state index contributed by atoms with van der Waals surface area (Å²) in [5, 5.41) is 1.95. The summed E-state index contributed by atoms with van der Waals surface area (Å²) in [6.07, 6.45) is 3.97. The van der Waals surface area contributed by atoms with Crippen LogP contribution in [-0.2, 0) is 16.4 Å². The summed E-state index contributed by atoms with van der Waals surface area (Å²) in [5.41, 5.74) is 2.82. The van der Waals surface area contributed by atoms with Gasteiger partial charge in [-0.1, -0.05) is 37.3 Å². The van der Waals surface area contributed by atoms with Crippen LogP contribution in [0.3, 0.4) is 0 Å². The van der Waals surface area contributed by atoms with E-state index in [2.05, 4.69) is 9.97 Å². The van der Waals surface area contributed by atoms with E-state index < -0.39 is 10.0 Å². The van der Waals surface area contributed by atoms with E-state index in [4.69, 9.17) is 16.6 Å². The van der Waals surface area contributed by atoms with Gasteiger partial charge in [-0.3, -0.25) is 0 Å². The molecule has 0 aliphatic heterocycles. The van der Waals surface area contributed by atoms with Gasteiger partial charge in [-0.2, -0.15) is 0 Å². The molecule has 0 saturated heterocycles. The van der Waals surface area contributed by atoms with E-state index in [1.165, 1.54) is 3.97 Å². The Labute approximate surface area is 194 Å². The highest BCUT2D eigenvalue weighted by Crippen LogP contribution is 2.37. The summed E-state index contributed by atoms with van der Waals surface area (Å²) in [6, 6.07) is 17.7. The molecule has 0 spiro atoms. The largest absolute Gasteiger partial charge is 0.268 e. The highest BCUT2D eigenvalue weighted by molar-refractivity contribution is 7.90. The molecule has 0 saturated carbocycles. The van der Waals surface area contributed by atoms with E-state index >= 15 is 0 Å². The van der Waals surface area contributed by atoms with Crippen molar-refractivity contribution in [3.8, 4) is 21.8 Å². The Morgan fingerprint density at radius 2 is 1.84 bits per heavy atom. The van der Waals surface area contributed by atoms with Crippen molar-refractivity contribution in [3.63, 3.8) is 0 Å². The number of hydrogen-bond acceptors (Lipinski definition) is 6. The molecule has 9 heteroatoms. The van der Waals surface area contributed by atoms with Crippen LogP contribution in [0, 0.1) is 0 Å². The van der Waals surface area contributed by atoms with Crippen molar-refractivity contribution in [3.05, 3.63) is 83.3 Å². The number of aryl methyl sites for hydroxylation is 1. The van der Waals surface area contributed by atoms with E-state index in [0.717, 1.165) is 32.9 Å². The van der Waals surface area contributed by atoms with Crippen LogP contribution in [0.4, 0.5) is 0 Å². The van der Waals surface area contributed by atoms with Gasteiger partial charge in [-0.15, -0.1) is 11.3 Å². The van der Waals surface area contributed by atoms with Crippen LogP contribution in [0.15, 0.2) is 78.0 Å². The molecule has 160 valence electrons. The zero-order chi connectivity index (χ0) is 22.3. The van der Waals surface area contributed by atoms with Crippen LogP contribution < -0.4 is 0 Å². The van der Waals surface area contributed by atoms with Gasteiger partial charge in [-0.05, 0) is 48.4 Å². The first-order valence-corrected chi connectivity index (χ1v) is 12.5. The third kappa shape index (κ3) is 3.60. The maximum atomic E-state index is 13.3. The zero-order valence-corrected chi connectivity index (χ0v) is 19.3. The molecule has 3 aromatic heterocycles. The second-order valence-corrected chi connectivity index (χ2v) is 10.3. The summed E-state index contributed by atoms with van der Waals surface area (Å²) in [5.74, 6) is 0. The Morgan fingerprint density at radius 1 is 1.03 bits per heavy atom. The van der Waals surface area contributed by atoms with Crippen molar-refractivity contribution in [2.75, 3.05) is 0 Å². The lowest BCUT2D eigenvalue weighted by atomic mass is 10.1. The molecule has 6 nitrogen and oxygen atoms in total. The molecular formula is C23H17ClN4O2S2. The van der Waals surface area contributed by atoms with E-state index in [1.54, 1.807) is 66.2 Å². The number of nitrogens with zero attached hydrogens (tertiary/aromatic N) is 4. The fourth-order valence-corrected chi connectivity index (χ4v) is 6.02. The molecule has 0 radical (unpaired) electrons. The van der Waals surface area contributed by atoms with Gasteiger partial charge in [0.25, 0.3) is 10.0 Å². The first kappa shape index (κ1) is 20.8. The van der Waals surface area contributed by atoms with Crippen molar-refractivity contribution in [2.24, 2.45) is 0 Å². The molecule has 32 heavy (non-hydrogen) atoms. The van der Waals surface area contributed by atoms with Crippen LogP contribution in [0.25, 0.3) is 32.7 Å². The maximum absolute atomic E-state index is 13.3.